The van der Waals surface area contributed by atoms with E-state index in [4.69, 9.17) is 28.4 Å². The van der Waals surface area contributed by atoms with E-state index in [9.17, 15) is 49.2 Å². The predicted octanol–water partition coefficient (Wildman–Crippen LogP) is 3.41. The van der Waals surface area contributed by atoms with Gasteiger partial charge in [-0.1, -0.05) is 36.4 Å². The van der Waals surface area contributed by atoms with Crippen molar-refractivity contribution in [1.82, 2.24) is 9.80 Å². The van der Waals surface area contributed by atoms with Gasteiger partial charge in [0.25, 0.3) is 0 Å². The zero-order valence-electron chi connectivity index (χ0n) is 55.2. The fourth-order valence-electron chi connectivity index (χ4n) is 14.2. The van der Waals surface area contributed by atoms with Crippen LogP contribution in [0.25, 0.3) is 0 Å². The average Bonchev–Trinajstić information content (AvgIpc) is 1.54. The number of morpholine rings is 3. The largest absolute Gasteiger partial charge is 2.00 e. The third kappa shape index (κ3) is 16.8. The van der Waals surface area contributed by atoms with E-state index in [1.807, 2.05) is 74.1 Å². The minimum Gasteiger partial charge on any atom is -1.00 e. The zero-order chi connectivity index (χ0) is 68.3. The van der Waals surface area contributed by atoms with Gasteiger partial charge in [0.1, 0.15) is 60.9 Å². The molecule has 99 heavy (non-hydrogen) atoms. The van der Waals surface area contributed by atoms with Crippen molar-refractivity contribution in [2.75, 3.05) is 55.6 Å². The minimum atomic E-state index is -1.80. The molecule has 0 amide bonds. The fraction of sp³-hybridized carbons (Fsp3) is 0.493. The predicted molar refractivity (Wildman–Crippen MR) is 371 cm³/mol. The standard InChI is InChI=1S/C22H26NO6S2.C18H19NO4S2.C11H10O3S2.C8H13NO2.C4H6O4.C4H3S.B.BrH.Mg/c1-3-27-18(24)12-23(2)14-10-13(11-15(23)20-19(14)29-20)28-21(25)22(26,16-6-4-8-30-16)17-7-5-9-31-17;1-19-11-8-10(9-12(19)16-15(11)23-16)22-17(20)18(21,13-4-2-6-24-13)14-5-3-7-25-14;1-14-10(12)11(13,8-4-2-6-15-8)9-5-3-7-16-9;1-9-5-2-4(10)3-6(9)8-7(5)11-8;1-7-3(5)4(6)8-2;1-2-4-5-3-1;;;/h4-9,13-15,19-20,26H,3,10-12H2,1-2H3;2-7,10-12,15-16,21H,8-9H2,1H3;2-7,13H,1H3;4-8,10H,2-3H2,1H3;1-2H3;1-3H;;1H;/q+1;;;;;-1;;;+2/p-1/t13?,14-,15+,19-,20+,23?;10?,11-,12+,15-,16+;;4?,5-,6+,7-,8+;;;;;. The van der Waals surface area contributed by atoms with Crippen LogP contribution in [0.4, 0.5) is 0 Å². The molecule has 7 aromatic heterocycles. The first-order valence-electron chi connectivity index (χ1n) is 31.2. The van der Waals surface area contributed by atoms with E-state index >= 15 is 0 Å². The van der Waals surface area contributed by atoms with Crippen molar-refractivity contribution in [3.8, 4) is 0 Å². The first-order valence-corrected chi connectivity index (χ1v) is 37.4. The number of aliphatic hydroxyl groups excluding tert-OH is 1. The summed E-state index contributed by atoms with van der Waals surface area (Å²) in [7, 11) is 9.84. The molecule has 9 fully saturated rings. The van der Waals surface area contributed by atoms with Gasteiger partial charge in [0.15, 0.2) is 6.54 Å². The molecule has 0 saturated carbocycles. The van der Waals surface area contributed by atoms with E-state index < -0.39 is 46.6 Å². The number of hydrogen-bond acceptors (Lipinski definition) is 28. The van der Waals surface area contributed by atoms with Crippen molar-refractivity contribution in [3.05, 3.63) is 157 Å². The van der Waals surface area contributed by atoms with Gasteiger partial charge in [-0.05, 0) is 103 Å². The number of piperidine rings is 3. The number of quaternary nitrogens is 1. The molecule has 22 nitrogen and oxygen atoms in total. The fourth-order valence-corrected chi connectivity index (χ4v) is 19.8. The molecular weight excluding hydrogens is 1490 g/mol. The number of carbonyl (C=O) groups is 6. The van der Waals surface area contributed by atoms with E-state index in [0.717, 1.165) is 39.9 Å². The molecule has 32 heteroatoms. The van der Waals surface area contributed by atoms with E-state index in [-0.39, 0.29) is 97.0 Å². The third-order valence-corrected chi connectivity index (χ3v) is 25.6. The Hall–Kier alpha value is -4.37. The van der Waals surface area contributed by atoms with Crippen molar-refractivity contribution < 1.29 is 113 Å². The number of halogens is 1. The molecule has 9 aliphatic heterocycles. The van der Waals surface area contributed by atoms with Crippen LogP contribution in [0.15, 0.2) is 123 Å². The Labute approximate surface area is 630 Å². The summed E-state index contributed by atoms with van der Waals surface area (Å²) in [4.78, 5) is 78.6. The summed E-state index contributed by atoms with van der Waals surface area (Å²) < 4.78 is 47.2. The number of epoxide rings is 3. The normalized spacial score (nSPS) is 28.7. The molecule has 16 rings (SSSR count). The SMILES string of the molecule is CCOC(=O)C[N+]1(C)[C@@H]2CC(OC(=O)C(O)(c3cccs3)c3cccs3)C[C@H]1[C@@H]1O[C@@H]12.CN1[C@@H]2CC(O)C[C@H]1[C@@H]1O[C@@H]12.CN1[C@@H]2CC(OC(=O)C(O)(c3cccs3)c3cccs3)C[C@H]1[C@@H]1O[C@@H]12.COC(=O)C(=O)OC.COC(=O)C(O)(c1cccs1)c1cccs1.[B].[Br-].[Mg+2].[c-]1cccs1. The van der Waals surface area contributed by atoms with Gasteiger partial charge in [-0.15, -0.1) is 73.4 Å². The first kappa shape index (κ1) is 80.3. The summed E-state index contributed by atoms with van der Waals surface area (Å²) in [6, 6.07) is 27.1. The van der Waals surface area contributed by atoms with Crippen molar-refractivity contribution >= 4 is 147 Å². The van der Waals surface area contributed by atoms with Gasteiger partial charge >= 0.3 is 58.9 Å². The Kier molecular flexibility index (Phi) is 28.0. The molecule has 0 aliphatic carbocycles. The van der Waals surface area contributed by atoms with Crippen molar-refractivity contribution in [2.24, 2.45) is 0 Å². The number of rotatable bonds is 14. The van der Waals surface area contributed by atoms with Gasteiger partial charge in [0, 0.05) is 58.3 Å². The van der Waals surface area contributed by atoms with Crippen LogP contribution >= 0.6 is 79.4 Å². The topological polar surface area (TPSA) is 283 Å². The van der Waals surface area contributed by atoms with Crippen molar-refractivity contribution in [2.45, 2.75) is 153 Å². The summed E-state index contributed by atoms with van der Waals surface area (Å²) in [5.41, 5.74) is -5.19. The number of carbonyl (C=O) groups excluding carboxylic acids is 6. The molecular formula is C67H77BBrMgN3O19S7+. The minimum absolute atomic E-state index is 0. The van der Waals surface area contributed by atoms with Gasteiger partial charge < -0.3 is 95.9 Å². The molecule has 16 atom stereocenters. The van der Waals surface area contributed by atoms with Gasteiger partial charge in [-0.25, -0.2) is 34.8 Å². The molecule has 9 saturated heterocycles. The van der Waals surface area contributed by atoms with E-state index in [0.29, 0.717) is 108 Å². The van der Waals surface area contributed by atoms with Crippen molar-refractivity contribution in [1.29, 1.82) is 0 Å². The van der Waals surface area contributed by atoms with Crippen LogP contribution in [-0.2, 0) is 88.2 Å². The molecule has 4 N–H and O–H groups in total. The molecule has 16 heterocycles. The van der Waals surface area contributed by atoms with Crippen LogP contribution in [0, 0.1) is 5.38 Å². The van der Waals surface area contributed by atoms with Crippen molar-refractivity contribution in [3.63, 3.8) is 0 Å². The van der Waals surface area contributed by atoms with Crippen LogP contribution < -0.4 is 17.0 Å². The summed E-state index contributed by atoms with van der Waals surface area (Å²) >= 11 is 9.64. The first-order chi connectivity index (χ1) is 46.1. The maximum absolute atomic E-state index is 13.3. The smallest absolute Gasteiger partial charge is 1.00 e. The molecule has 7 aromatic rings. The van der Waals surface area contributed by atoms with E-state index in [2.05, 4.69) is 50.5 Å². The molecule has 0 aromatic carbocycles. The van der Waals surface area contributed by atoms with Crippen LogP contribution in [-0.4, -0.2) is 249 Å². The van der Waals surface area contributed by atoms with Crippen LogP contribution in [0.5, 0.6) is 0 Å². The van der Waals surface area contributed by atoms with E-state index in [1.165, 1.54) is 75.1 Å². The monoisotopic (exact) mass is 1570 g/mol. The summed E-state index contributed by atoms with van der Waals surface area (Å²) in [6.07, 6.45) is 5.72. The number of ether oxygens (including phenoxy) is 9. The molecule has 6 bridgehead atoms. The maximum Gasteiger partial charge on any atom is 2.00 e. The van der Waals surface area contributed by atoms with Crippen LogP contribution in [0.2, 0.25) is 0 Å². The van der Waals surface area contributed by atoms with Crippen LogP contribution in [0.1, 0.15) is 74.7 Å². The number of likely N-dealkylation sites (N-methyl/N-ethyl adjacent to an activating group) is 3. The Balaban J connectivity index is 0.000000164. The summed E-state index contributed by atoms with van der Waals surface area (Å²) in [6.45, 7) is 2.47. The van der Waals surface area contributed by atoms with E-state index in [1.54, 1.807) is 66.8 Å². The summed E-state index contributed by atoms with van der Waals surface area (Å²) in [5, 5.41) is 58.7. The Morgan fingerprint density at radius 3 is 1.14 bits per heavy atom. The quantitative estimate of drug-likeness (QED) is 0.0231. The maximum atomic E-state index is 13.3. The molecule has 3 radical (unpaired) electrons. The van der Waals surface area contributed by atoms with Crippen LogP contribution in [0.3, 0.4) is 0 Å². The number of methoxy groups -OCH3 is 3. The third-order valence-electron chi connectivity index (χ3n) is 19.2. The second-order valence-electron chi connectivity index (χ2n) is 24.6. The second kappa shape index (κ2) is 34.5. The number of fused-ring (bicyclic) bond motifs is 15. The zero-order valence-corrected chi connectivity index (χ0v) is 63.9. The Morgan fingerprint density at radius 2 is 0.859 bits per heavy atom. The second-order valence-corrected chi connectivity index (χ2v) is 31.0. The molecule has 0 spiro atoms. The van der Waals surface area contributed by atoms with Gasteiger partial charge in [0.2, 0.25) is 16.8 Å². The Morgan fingerprint density at radius 1 is 0.525 bits per heavy atom. The summed E-state index contributed by atoms with van der Waals surface area (Å²) in [5.74, 6) is -4.03. The molecule has 4 unspecified atom stereocenters. The molecule has 527 valence electrons. The number of nitrogens with zero attached hydrogens (tertiary/aromatic N) is 3. The molecule has 9 aliphatic rings. The van der Waals surface area contributed by atoms with Gasteiger partial charge in [0.05, 0.1) is 70.4 Å². The van der Waals surface area contributed by atoms with Gasteiger partial charge in [-0.3, -0.25) is 9.80 Å². The Bertz CT molecular complexity index is 3500. The number of aliphatic hydroxyl groups is 4. The average molecular weight is 1570 g/mol. The number of esters is 6. The number of hydrogen-bond donors (Lipinski definition) is 4. The number of thiophene rings is 7. The van der Waals surface area contributed by atoms with Gasteiger partial charge in [-0.2, -0.15) is 11.4 Å².